The van der Waals surface area contributed by atoms with E-state index in [1.165, 1.54) is 0 Å². The molecule has 1 heterocycles. The summed E-state index contributed by atoms with van der Waals surface area (Å²) in [5.41, 5.74) is 0.780. The molecule has 5 heteroatoms. The minimum Gasteiger partial charge on any atom is -0.450 e. The molecular weight excluding hydrogens is 232 g/mol. The third-order valence-electron chi connectivity index (χ3n) is 2.94. The van der Waals surface area contributed by atoms with Gasteiger partial charge in [-0.3, -0.25) is 4.79 Å². The van der Waals surface area contributed by atoms with Gasteiger partial charge < -0.3 is 14.5 Å². The van der Waals surface area contributed by atoms with E-state index in [9.17, 15) is 9.59 Å². The zero-order chi connectivity index (χ0) is 13.5. The second-order valence-electron chi connectivity index (χ2n) is 4.27. The zero-order valence-corrected chi connectivity index (χ0v) is 11.4. The van der Waals surface area contributed by atoms with E-state index in [2.05, 4.69) is 0 Å². The van der Waals surface area contributed by atoms with Crippen molar-refractivity contribution in [2.75, 3.05) is 32.8 Å². The van der Waals surface area contributed by atoms with Crippen molar-refractivity contribution in [3.8, 4) is 0 Å². The molecule has 2 amide bonds. The van der Waals surface area contributed by atoms with Crippen molar-refractivity contribution in [3.63, 3.8) is 0 Å². The van der Waals surface area contributed by atoms with Crippen molar-refractivity contribution in [2.45, 2.75) is 27.2 Å². The van der Waals surface area contributed by atoms with Crippen LogP contribution in [0, 0.1) is 0 Å². The Balaban J connectivity index is 2.46. The highest BCUT2D eigenvalue weighted by molar-refractivity contribution is 5.92. The first-order valence-electron chi connectivity index (χ1n) is 6.47. The molecule has 1 fully saturated rings. The summed E-state index contributed by atoms with van der Waals surface area (Å²) in [7, 11) is 0. The van der Waals surface area contributed by atoms with Crippen molar-refractivity contribution in [1.29, 1.82) is 0 Å². The molecule has 0 spiro atoms. The summed E-state index contributed by atoms with van der Waals surface area (Å²) in [5.74, 6) is 0.0698. The van der Waals surface area contributed by atoms with Crippen LogP contribution < -0.4 is 0 Å². The number of amides is 2. The Hall–Kier alpha value is -1.52. The van der Waals surface area contributed by atoms with Crippen molar-refractivity contribution in [1.82, 2.24) is 9.80 Å². The average Bonchev–Trinajstić information content (AvgIpc) is 2.38. The van der Waals surface area contributed by atoms with Gasteiger partial charge in [-0.2, -0.15) is 0 Å². The lowest BCUT2D eigenvalue weighted by molar-refractivity contribution is -0.128. The number of carbonyl (C=O) groups excluding carboxylic acids is 2. The second kappa shape index (κ2) is 7.03. The van der Waals surface area contributed by atoms with Gasteiger partial charge in [0.05, 0.1) is 6.61 Å². The molecule has 1 saturated heterocycles. The predicted octanol–water partition coefficient (Wildman–Crippen LogP) is 1.64. The Morgan fingerprint density at radius 1 is 1.11 bits per heavy atom. The summed E-state index contributed by atoms with van der Waals surface area (Å²) < 4.78 is 4.94. The summed E-state index contributed by atoms with van der Waals surface area (Å²) in [6.07, 6.45) is 2.51. The van der Waals surface area contributed by atoms with Crippen LogP contribution in [0.4, 0.5) is 4.79 Å². The molecule has 0 N–H and O–H groups in total. The lowest BCUT2D eigenvalue weighted by Gasteiger charge is -2.34. The smallest absolute Gasteiger partial charge is 0.409 e. The largest absolute Gasteiger partial charge is 0.450 e. The van der Waals surface area contributed by atoms with Crippen LogP contribution in [0.25, 0.3) is 0 Å². The van der Waals surface area contributed by atoms with E-state index in [0.29, 0.717) is 32.8 Å². The summed E-state index contributed by atoms with van der Waals surface area (Å²) in [6, 6.07) is 0. The number of nitrogens with zero attached hydrogens (tertiary/aromatic N) is 2. The van der Waals surface area contributed by atoms with Crippen LogP contribution in [0.1, 0.15) is 27.2 Å². The fraction of sp³-hybridized carbons (Fsp3) is 0.692. The fourth-order valence-corrected chi connectivity index (χ4v) is 1.95. The number of hydrogen-bond donors (Lipinski definition) is 0. The number of piperazine rings is 1. The minimum absolute atomic E-state index is 0.0698. The molecule has 1 aliphatic heterocycles. The van der Waals surface area contributed by atoms with E-state index in [1.807, 2.05) is 19.9 Å². The highest BCUT2D eigenvalue weighted by Crippen LogP contribution is 2.08. The monoisotopic (exact) mass is 254 g/mol. The molecule has 102 valence electrons. The van der Waals surface area contributed by atoms with Crippen LogP contribution in [-0.2, 0) is 9.53 Å². The maximum atomic E-state index is 12.0. The van der Waals surface area contributed by atoms with Gasteiger partial charge in [-0.25, -0.2) is 4.79 Å². The Labute approximate surface area is 108 Å². The van der Waals surface area contributed by atoms with Crippen LogP contribution >= 0.6 is 0 Å². The molecule has 5 nitrogen and oxygen atoms in total. The van der Waals surface area contributed by atoms with Crippen molar-refractivity contribution in [3.05, 3.63) is 11.6 Å². The van der Waals surface area contributed by atoms with Crippen molar-refractivity contribution in [2.24, 2.45) is 0 Å². The number of rotatable bonds is 3. The van der Waals surface area contributed by atoms with Crippen molar-refractivity contribution < 1.29 is 14.3 Å². The first-order valence-corrected chi connectivity index (χ1v) is 6.47. The third kappa shape index (κ3) is 3.75. The van der Waals surface area contributed by atoms with E-state index in [-0.39, 0.29) is 12.0 Å². The highest BCUT2D eigenvalue weighted by Gasteiger charge is 2.25. The standard InChI is InChI=1S/C13H22N2O3/c1-4-6-11(3)12(16)14-7-9-15(10-8-14)13(17)18-5-2/h6H,4-5,7-10H2,1-3H3. The molecule has 0 unspecified atom stereocenters. The molecule has 0 radical (unpaired) electrons. The fourth-order valence-electron chi connectivity index (χ4n) is 1.95. The first kappa shape index (κ1) is 14.5. The van der Waals surface area contributed by atoms with E-state index >= 15 is 0 Å². The van der Waals surface area contributed by atoms with E-state index in [4.69, 9.17) is 4.74 Å². The molecule has 1 rings (SSSR count). The predicted molar refractivity (Wildman–Crippen MR) is 69.2 cm³/mol. The minimum atomic E-state index is -0.287. The quantitative estimate of drug-likeness (QED) is 0.719. The Kier molecular flexibility index (Phi) is 5.68. The van der Waals surface area contributed by atoms with Gasteiger partial charge in [-0.15, -0.1) is 0 Å². The Morgan fingerprint density at radius 2 is 1.67 bits per heavy atom. The van der Waals surface area contributed by atoms with E-state index in [1.54, 1.807) is 16.7 Å². The van der Waals surface area contributed by atoms with Gasteiger partial charge in [0.2, 0.25) is 5.91 Å². The first-order chi connectivity index (χ1) is 8.60. The summed E-state index contributed by atoms with van der Waals surface area (Å²) in [6.45, 7) is 8.26. The van der Waals surface area contributed by atoms with Crippen LogP contribution in [-0.4, -0.2) is 54.6 Å². The summed E-state index contributed by atoms with van der Waals surface area (Å²) >= 11 is 0. The summed E-state index contributed by atoms with van der Waals surface area (Å²) in [4.78, 5) is 26.9. The lowest BCUT2D eigenvalue weighted by Crippen LogP contribution is -2.50. The molecule has 1 aliphatic rings. The maximum Gasteiger partial charge on any atom is 0.409 e. The second-order valence-corrected chi connectivity index (χ2v) is 4.27. The van der Waals surface area contributed by atoms with Crippen LogP contribution in [0.5, 0.6) is 0 Å². The molecule has 0 aliphatic carbocycles. The third-order valence-corrected chi connectivity index (χ3v) is 2.94. The molecule has 0 aromatic carbocycles. The van der Waals surface area contributed by atoms with Gasteiger partial charge in [-0.1, -0.05) is 13.0 Å². The Morgan fingerprint density at radius 3 is 2.17 bits per heavy atom. The van der Waals surface area contributed by atoms with E-state index < -0.39 is 0 Å². The van der Waals surface area contributed by atoms with Crippen LogP contribution in [0.2, 0.25) is 0 Å². The number of allylic oxidation sites excluding steroid dienone is 1. The Bertz CT molecular complexity index is 331. The van der Waals surface area contributed by atoms with Crippen molar-refractivity contribution >= 4 is 12.0 Å². The lowest BCUT2D eigenvalue weighted by atomic mass is 10.2. The molecule has 0 bridgehead atoms. The van der Waals surface area contributed by atoms with Crippen LogP contribution in [0.3, 0.4) is 0 Å². The van der Waals surface area contributed by atoms with E-state index in [0.717, 1.165) is 12.0 Å². The number of ether oxygens (including phenoxy) is 1. The van der Waals surface area contributed by atoms with Gasteiger partial charge in [0.25, 0.3) is 0 Å². The zero-order valence-electron chi connectivity index (χ0n) is 11.4. The summed E-state index contributed by atoms with van der Waals surface area (Å²) in [5, 5.41) is 0. The molecular formula is C13H22N2O3. The molecule has 0 saturated carbocycles. The normalized spacial score (nSPS) is 16.7. The molecule has 0 aromatic heterocycles. The number of carbonyl (C=O) groups is 2. The molecule has 0 aromatic rings. The van der Waals surface area contributed by atoms with Gasteiger partial charge in [-0.05, 0) is 20.3 Å². The SMILES string of the molecule is CCC=C(C)C(=O)N1CCN(C(=O)OCC)CC1. The highest BCUT2D eigenvalue weighted by atomic mass is 16.6. The van der Waals surface area contributed by atoms with Gasteiger partial charge in [0.15, 0.2) is 0 Å². The van der Waals surface area contributed by atoms with Gasteiger partial charge in [0.1, 0.15) is 0 Å². The number of hydrogen-bond acceptors (Lipinski definition) is 3. The van der Waals surface area contributed by atoms with Gasteiger partial charge in [0, 0.05) is 31.8 Å². The van der Waals surface area contributed by atoms with Gasteiger partial charge >= 0.3 is 6.09 Å². The maximum absolute atomic E-state index is 12.0. The molecule has 18 heavy (non-hydrogen) atoms. The molecule has 0 atom stereocenters. The average molecular weight is 254 g/mol. The van der Waals surface area contributed by atoms with Crippen LogP contribution in [0.15, 0.2) is 11.6 Å². The topological polar surface area (TPSA) is 49.9 Å².